The molecule has 0 unspecified atom stereocenters. The number of hydrogen-bond donors (Lipinski definition) is 1. The summed E-state index contributed by atoms with van der Waals surface area (Å²) in [6, 6.07) is 5.49. The average Bonchev–Trinajstić information content (AvgIpc) is 3.02. The lowest BCUT2D eigenvalue weighted by atomic mass is 9.91. The summed E-state index contributed by atoms with van der Waals surface area (Å²) >= 11 is 7.35. The standard InChI is InChI=1S/C18H24ClN3O2S/c1-5-18(3,4)16-21-22-17(25-16)20-15(23)7-6-10-24-14-9-8-13(19)11-12(14)2/h8-9,11H,5-7,10H2,1-4H3,(H,20,22,23). The third kappa shape index (κ3) is 5.68. The number of aryl methyl sites for hydroxylation is 1. The molecule has 1 aromatic heterocycles. The maximum atomic E-state index is 12.0. The predicted octanol–water partition coefficient (Wildman–Crippen LogP) is 4.99. The van der Waals surface area contributed by atoms with Gasteiger partial charge in [-0.25, -0.2) is 0 Å². The highest BCUT2D eigenvalue weighted by atomic mass is 35.5. The molecule has 0 atom stereocenters. The van der Waals surface area contributed by atoms with E-state index in [-0.39, 0.29) is 11.3 Å². The maximum Gasteiger partial charge on any atom is 0.226 e. The molecule has 1 amide bonds. The second kappa shape index (κ2) is 8.63. The van der Waals surface area contributed by atoms with E-state index >= 15 is 0 Å². The normalized spacial score (nSPS) is 11.4. The molecule has 0 saturated carbocycles. The fourth-order valence-corrected chi connectivity index (χ4v) is 3.23. The Balaban J connectivity index is 1.76. The van der Waals surface area contributed by atoms with E-state index in [1.165, 1.54) is 11.3 Å². The van der Waals surface area contributed by atoms with Gasteiger partial charge in [0.25, 0.3) is 0 Å². The summed E-state index contributed by atoms with van der Waals surface area (Å²) < 4.78 is 5.69. The molecule has 0 fully saturated rings. The summed E-state index contributed by atoms with van der Waals surface area (Å²) in [4.78, 5) is 12.0. The van der Waals surface area contributed by atoms with Crippen molar-refractivity contribution in [3.63, 3.8) is 0 Å². The van der Waals surface area contributed by atoms with E-state index in [9.17, 15) is 4.79 Å². The third-order valence-electron chi connectivity index (χ3n) is 4.08. The van der Waals surface area contributed by atoms with Crippen molar-refractivity contribution in [2.24, 2.45) is 0 Å². The van der Waals surface area contributed by atoms with Crippen molar-refractivity contribution in [1.29, 1.82) is 0 Å². The highest BCUT2D eigenvalue weighted by Gasteiger charge is 2.23. The van der Waals surface area contributed by atoms with Gasteiger partial charge in [-0.1, -0.05) is 43.7 Å². The molecule has 2 rings (SSSR count). The molecule has 7 heteroatoms. The Morgan fingerprint density at radius 3 is 2.80 bits per heavy atom. The van der Waals surface area contributed by atoms with Crippen LogP contribution in [-0.2, 0) is 10.2 Å². The molecule has 0 bridgehead atoms. The Bertz CT molecular complexity index is 731. The number of amides is 1. The summed E-state index contributed by atoms with van der Waals surface area (Å²) in [5, 5.41) is 13.2. The van der Waals surface area contributed by atoms with E-state index < -0.39 is 0 Å². The van der Waals surface area contributed by atoms with E-state index in [2.05, 4.69) is 36.3 Å². The molecule has 0 saturated heterocycles. The number of halogens is 1. The molecule has 5 nitrogen and oxygen atoms in total. The molecule has 1 aromatic carbocycles. The first-order chi connectivity index (χ1) is 11.8. The van der Waals surface area contributed by atoms with Crippen LogP contribution in [0.25, 0.3) is 0 Å². The molecule has 0 aliphatic carbocycles. The van der Waals surface area contributed by atoms with E-state index in [0.29, 0.717) is 29.6 Å². The van der Waals surface area contributed by atoms with Crippen molar-refractivity contribution in [2.45, 2.75) is 52.4 Å². The minimum Gasteiger partial charge on any atom is -0.493 e. The first-order valence-corrected chi connectivity index (χ1v) is 9.54. The van der Waals surface area contributed by atoms with E-state index in [4.69, 9.17) is 16.3 Å². The molecule has 1 heterocycles. The lowest BCUT2D eigenvalue weighted by molar-refractivity contribution is -0.116. The number of anilines is 1. The molecule has 0 radical (unpaired) electrons. The number of rotatable bonds is 8. The first-order valence-electron chi connectivity index (χ1n) is 8.34. The van der Waals surface area contributed by atoms with Crippen LogP contribution in [0.3, 0.4) is 0 Å². The fourth-order valence-electron chi connectivity index (χ4n) is 2.07. The fraction of sp³-hybridized carbons (Fsp3) is 0.500. The smallest absolute Gasteiger partial charge is 0.226 e. The van der Waals surface area contributed by atoms with E-state index in [1.54, 1.807) is 6.07 Å². The van der Waals surface area contributed by atoms with Crippen LogP contribution in [0.2, 0.25) is 5.02 Å². The summed E-state index contributed by atoms with van der Waals surface area (Å²) in [5.41, 5.74) is 0.960. The molecule has 2 aromatic rings. The zero-order valence-corrected chi connectivity index (χ0v) is 16.6. The minimum atomic E-state index is -0.0755. The Morgan fingerprint density at radius 2 is 2.12 bits per heavy atom. The van der Waals surface area contributed by atoms with E-state index in [0.717, 1.165) is 22.7 Å². The lowest BCUT2D eigenvalue weighted by Gasteiger charge is -2.17. The number of carbonyl (C=O) groups excluding carboxylic acids is 1. The molecule has 25 heavy (non-hydrogen) atoms. The zero-order valence-electron chi connectivity index (χ0n) is 15.1. The minimum absolute atomic E-state index is 0.0229. The summed E-state index contributed by atoms with van der Waals surface area (Å²) in [5.74, 6) is 0.716. The number of nitrogens with zero attached hydrogens (tertiary/aromatic N) is 2. The molecule has 0 aliphatic heterocycles. The van der Waals surface area contributed by atoms with Gasteiger partial charge >= 0.3 is 0 Å². The van der Waals surface area contributed by atoms with Crippen LogP contribution in [0, 0.1) is 6.92 Å². The van der Waals surface area contributed by atoms with Crippen LogP contribution in [0.15, 0.2) is 18.2 Å². The van der Waals surface area contributed by atoms with E-state index in [1.807, 2.05) is 19.1 Å². The van der Waals surface area contributed by atoms with Crippen LogP contribution in [0.1, 0.15) is 50.6 Å². The number of nitrogens with one attached hydrogen (secondary N) is 1. The van der Waals surface area contributed by atoms with Crippen molar-refractivity contribution >= 4 is 34.0 Å². The van der Waals surface area contributed by atoms with Gasteiger partial charge in [0.15, 0.2) is 0 Å². The third-order valence-corrected chi connectivity index (χ3v) is 5.52. The van der Waals surface area contributed by atoms with Crippen molar-refractivity contribution < 1.29 is 9.53 Å². The first kappa shape index (κ1) is 19.7. The van der Waals surface area contributed by atoms with Gasteiger partial charge in [-0.15, -0.1) is 10.2 Å². The molecule has 0 aliphatic rings. The predicted molar refractivity (Wildman–Crippen MR) is 103 cm³/mol. The topological polar surface area (TPSA) is 64.1 Å². The van der Waals surface area contributed by atoms with Crippen molar-refractivity contribution in [2.75, 3.05) is 11.9 Å². The summed E-state index contributed by atoms with van der Waals surface area (Å²) in [7, 11) is 0. The summed E-state index contributed by atoms with van der Waals surface area (Å²) in [6.45, 7) is 8.77. The Labute approximate surface area is 157 Å². The number of ether oxygens (including phenoxy) is 1. The van der Waals surface area contributed by atoms with Crippen molar-refractivity contribution in [3.05, 3.63) is 33.8 Å². The maximum absolute atomic E-state index is 12.0. The van der Waals surface area contributed by atoms with Crippen LogP contribution < -0.4 is 10.1 Å². The zero-order chi connectivity index (χ0) is 18.4. The number of hydrogen-bond acceptors (Lipinski definition) is 5. The van der Waals surface area contributed by atoms with Crippen LogP contribution >= 0.6 is 22.9 Å². The van der Waals surface area contributed by atoms with Gasteiger partial charge < -0.3 is 10.1 Å². The largest absolute Gasteiger partial charge is 0.493 e. The van der Waals surface area contributed by atoms with Gasteiger partial charge in [-0.05, 0) is 43.5 Å². The van der Waals surface area contributed by atoms with Gasteiger partial charge in [-0.2, -0.15) is 0 Å². The van der Waals surface area contributed by atoms with Crippen molar-refractivity contribution in [3.8, 4) is 5.75 Å². The highest BCUT2D eigenvalue weighted by molar-refractivity contribution is 7.15. The van der Waals surface area contributed by atoms with Gasteiger partial charge in [-0.3, -0.25) is 4.79 Å². The Hall–Kier alpha value is -1.66. The van der Waals surface area contributed by atoms with Gasteiger partial charge in [0.2, 0.25) is 11.0 Å². The Morgan fingerprint density at radius 1 is 1.36 bits per heavy atom. The summed E-state index contributed by atoms with van der Waals surface area (Å²) in [6.07, 6.45) is 1.97. The molecule has 1 N–H and O–H groups in total. The molecule has 136 valence electrons. The van der Waals surface area contributed by atoms with Gasteiger partial charge in [0.1, 0.15) is 10.8 Å². The van der Waals surface area contributed by atoms with Gasteiger partial charge in [0.05, 0.1) is 6.61 Å². The molecule has 0 spiro atoms. The number of carbonyl (C=O) groups is 1. The van der Waals surface area contributed by atoms with Crippen molar-refractivity contribution in [1.82, 2.24) is 10.2 Å². The van der Waals surface area contributed by atoms with Crippen LogP contribution in [0.5, 0.6) is 5.75 Å². The SMILES string of the molecule is CCC(C)(C)c1nnc(NC(=O)CCCOc2ccc(Cl)cc2C)s1. The lowest BCUT2D eigenvalue weighted by Crippen LogP contribution is -2.14. The van der Waals surface area contributed by atoms with Crippen LogP contribution in [0.4, 0.5) is 5.13 Å². The quantitative estimate of drug-likeness (QED) is 0.654. The number of aromatic nitrogens is 2. The molecular formula is C18H24ClN3O2S. The number of benzene rings is 1. The second-order valence-corrected chi connectivity index (χ2v) is 7.97. The highest BCUT2D eigenvalue weighted by Crippen LogP contribution is 2.31. The monoisotopic (exact) mass is 381 g/mol. The Kier molecular flexibility index (Phi) is 6.79. The molecular weight excluding hydrogens is 358 g/mol. The van der Waals surface area contributed by atoms with Gasteiger partial charge in [0, 0.05) is 16.9 Å². The average molecular weight is 382 g/mol. The van der Waals surface area contributed by atoms with Crippen LogP contribution in [-0.4, -0.2) is 22.7 Å². The second-order valence-electron chi connectivity index (χ2n) is 6.56.